The summed E-state index contributed by atoms with van der Waals surface area (Å²) in [6.07, 6.45) is 0. The summed E-state index contributed by atoms with van der Waals surface area (Å²) in [5.74, 6) is -1.30. The number of halogens is 4. The van der Waals surface area contributed by atoms with Crippen molar-refractivity contribution in [3.8, 4) is 0 Å². The predicted molar refractivity (Wildman–Crippen MR) is 108 cm³/mol. The molecule has 27 heavy (non-hydrogen) atoms. The highest BCUT2D eigenvalue weighted by molar-refractivity contribution is 6.66. The molecule has 2 amide bonds. The third kappa shape index (κ3) is 3.94. The lowest BCUT2D eigenvalue weighted by Gasteiger charge is -2.17. The maximum atomic E-state index is 12.9. The summed E-state index contributed by atoms with van der Waals surface area (Å²) in [4.78, 5) is 25.9. The van der Waals surface area contributed by atoms with E-state index in [-0.39, 0.29) is 37.0 Å². The zero-order valence-electron chi connectivity index (χ0n) is 13.5. The van der Waals surface area contributed by atoms with Gasteiger partial charge in [0.25, 0.3) is 11.8 Å². The fourth-order valence-corrected chi connectivity index (χ4v) is 3.24. The van der Waals surface area contributed by atoms with Crippen LogP contribution in [0.3, 0.4) is 0 Å². The lowest BCUT2D eigenvalue weighted by Crippen LogP contribution is -2.33. The summed E-state index contributed by atoms with van der Waals surface area (Å²) < 4.78 is 0. The molecule has 0 aromatic heterocycles. The van der Waals surface area contributed by atoms with E-state index in [1.807, 2.05) is 0 Å². The number of nitrogens with zero attached hydrogens (tertiary/aromatic N) is 2. The summed E-state index contributed by atoms with van der Waals surface area (Å²) in [6.45, 7) is 0. The molecule has 0 fully saturated rings. The highest BCUT2D eigenvalue weighted by Crippen LogP contribution is 2.39. The molecular weight excluding hydrogens is 430 g/mol. The van der Waals surface area contributed by atoms with Crippen LogP contribution in [0.15, 0.2) is 85.9 Å². The van der Waals surface area contributed by atoms with Gasteiger partial charge in [-0.25, -0.2) is 0 Å². The maximum Gasteiger partial charge on any atom is 0.281 e. The SMILES string of the molecule is O=C(c1ccccc1)N(N=C1C(Cl)=C(Cl)C(Cl)=C1Cl)C(=O)c1ccccc1. The summed E-state index contributed by atoms with van der Waals surface area (Å²) in [5.41, 5.74) is 0.477. The summed E-state index contributed by atoms with van der Waals surface area (Å²) in [5, 5.41) is 4.71. The van der Waals surface area contributed by atoms with Crippen LogP contribution in [-0.4, -0.2) is 22.5 Å². The first kappa shape index (κ1) is 19.6. The Morgan fingerprint density at radius 2 is 1.00 bits per heavy atom. The largest absolute Gasteiger partial charge is 0.281 e. The van der Waals surface area contributed by atoms with Crippen molar-refractivity contribution in [2.45, 2.75) is 0 Å². The van der Waals surface area contributed by atoms with Crippen LogP contribution in [0.2, 0.25) is 0 Å². The van der Waals surface area contributed by atoms with Crippen molar-refractivity contribution in [3.63, 3.8) is 0 Å². The van der Waals surface area contributed by atoms with E-state index < -0.39 is 11.8 Å². The minimum Gasteiger partial charge on any atom is -0.267 e. The molecule has 0 spiro atoms. The zero-order valence-corrected chi connectivity index (χ0v) is 16.5. The molecule has 136 valence electrons. The minimum absolute atomic E-state index is 0.00125. The second kappa shape index (κ2) is 8.28. The number of hydrogen-bond donors (Lipinski definition) is 0. The monoisotopic (exact) mass is 438 g/mol. The van der Waals surface area contributed by atoms with E-state index in [4.69, 9.17) is 46.4 Å². The first-order valence-corrected chi connectivity index (χ1v) is 9.12. The van der Waals surface area contributed by atoms with Crippen LogP contribution < -0.4 is 0 Å². The number of carbonyl (C=O) groups is 2. The Morgan fingerprint density at radius 3 is 1.37 bits per heavy atom. The molecule has 0 radical (unpaired) electrons. The van der Waals surface area contributed by atoms with Gasteiger partial charge in [0, 0.05) is 11.1 Å². The molecule has 0 N–H and O–H groups in total. The van der Waals surface area contributed by atoms with Crippen LogP contribution in [0.1, 0.15) is 20.7 Å². The number of allylic oxidation sites excluding steroid dienone is 4. The van der Waals surface area contributed by atoms with E-state index in [2.05, 4.69) is 5.10 Å². The van der Waals surface area contributed by atoms with Gasteiger partial charge >= 0.3 is 0 Å². The van der Waals surface area contributed by atoms with Gasteiger partial charge in [-0.1, -0.05) is 82.8 Å². The van der Waals surface area contributed by atoms with Gasteiger partial charge in [-0.15, -0.1) is 0 Å². The number of hydrogen-bond acceptors (Lipinski definition) is 3. The Labute approximate surface area is 175 Å². The van der Waals surface area contributed by atoms with Crippen LogP contribution >= 0.6 is 46.4 Å². The van der Waals surface area contributed by atoms with Gasteiger partial charge < -0.3 is 0 Å². The number of hydrazone groups is 1. The lowest BCUT2D eigenvalue weighted by molar-refractivity contribution is 0.0621. The third-order valence-corrected chi connectivity index (χ3v) is 5.40. The van der Waals surface area contributed by atoms with Gasteiger partial charge in [0.05, 0.1) is 20.1 Å². The van der Waals surface area contributed by atoms with E-state index >= 15 is 0 Å². The van der Waals surface area contributed by atoms with Gasteiger partial charge in [-0.3, -0.25) is 9.59 Å². The first-order valence-electron chi connectivity index (χ1n) is 7.61. The minimum atomic E-state index is -0.648. The van der Waals surface area contributed by atoms with E-state index in [1.54, 1.807) is 60.7 Å². The highest BCUT2D eigenvalue weighted by atomic mass is 35.5. The molecule has 0 bridgehead atoms. The molecule has 1 aliphatic carbocycles. The summed E-state index contributed by atoms with van der Waals surface area (Å²) in [6, 6.07) is 16.5. The van der Waals surface area contributed by atoms with Gasteiger partial charge in [-0.05, 0) is 24.3 Å². The quantitative estimate of drug-likeness (QED) is 0.453. The number of benzene rings is 2. The van der Waals surface area contributed by atoms with E-state index in [1.165, 1.54) is 0 Å². The summed E-state index contributed by atoms with van der Waals surface area (Å²) in [7, 11) is 0. The molecule has 8 heteroatoms. The van der Waals surface area contributed by atoms with Crippen LogP contribution in [0.4, 0.5) is 0 Å². The number of imide groups is 1. The van der Waals surface area contributed by atoms with Gasteiger partial charge in [-0.2, -0.15) is 10.1 Å². The molecule has 0 heterocycles. The Hall–Kier alpha value is -2.11. The molecule has 2 aromatic carbocycles. The van der Waals surface area contributed by atoms with Crippen LogP contribution in [-0.2, 0) is 0 Å². The normalized spacial score (nSPS) is 13.9. The standard InChI is InChI=1S/C19H10Cl4N2O2/c20-13-14(21)16(23)17(15(13)22)24-25(18(26)11-7-3-1-4-8-11)19(27)12-9-5-2-6-10-12/h1-10H. The number of amides is 2. The van der Waals surface area contributed by atoms with Crippen LogP contribution in [0.25, 0.3) is 0 Å². The smallest absolute Gasteiger partial charge is 0.267 e. The molecule has 0 unspecified atom stereocenters. The molecule has 3 rings (SSSR count). The molecule has 0 atom stereocenters. The predicted octanol–water partition coefficient (Wildman–Crippen LogP) is 5.72. The van der Waals surface area contributed by atoms with Crippen molar-refractivity contribution in [2.24, 2.45) is 5.10 Å². The zero-order chi connectivity index (χ0) is 19.6. The van der Waals surface area contributed by atoms with E-state index in [9.17, 15) is 9.59 Å². The maximum absolute atomic E-state index is 12.9. The van der Waals surface area contributed by atoms with Crippen molar-refractivity contribution in [1.29, 1.82) is 0 Å². The highest BCUT2D eigenvalue weighted by Gasteiger charge is 2.31. The lowest BCUT2D eigenvalue weighted by atomic mass is 10.1. The van der Waals surface area contributed by atoms with Gasteiger partial charge in [0.15, 0.2) is 0 Å². The Kier molecular flexibility index (Phi) is 6.02. The Balaban J connectivity index is 2.10. The molecule has 0 aliphatic heterocycles. The average molecular weight is 440 g/mol. The van der Waals surface area contributed by atoms with Crippen LogP contribution in [0.5, 0.6) is 0 Å². The molecule has 0 saturated heterocycles. The van der Waals surface area contributed by atoms with Gasteiger partial charge in [0.2, 0.25) is 0 Å². The Bertz CT molecular complexity index is 921. The van der Waals surface area contributed by atoms with E-state index in [0.29, 0.717) is 5.01 Å². The third-order valence-electron chi connectivity index (χ3n) is 3.62. The molecule has 0 saturated carbocycles. The van der Waals surface area contributed by atoms with Crippen molar-refractivity contribution in [1.82, 2.24) is 5.01 Å². The van der Waals surface area contributed by atoms with E-state index in [0.717, 1.165) is 0 Å². The first-order chi connectivity index (χ1) is 12.9. The van der Waals surface area contributed by atoms with Crippen molar-refractivity contribution in [2.75, 3.05) is 0 Å². The summed E-state index contributed by atoms with van der Waals surface area (Å²) >= 11 is 24.2. The van der Waals surface area contributed by atoms with Crippen molar-refractivity contribution >= 4 is 63.9 Å². The van der Waals surface area contributed by atoms with Crippen LogP contribution in [0, 0.1) is 0 Å². The molecular formula is C19H10Cl4N2O2. The second-order valence-electron chi connectivity index (χ2n) is 5.36. The topological polar surface area (TPSA) is 49.7 Å². The van der Waals surface area contributed by atoms with Crippen molar-refractivity contribution in [3.05, 3.63) is 91.9 Å². The van der Waals surface area contributed by atoms with Gasteiger partial charge in [0.1, 0.15) is 5.71 Å². The Morgan fingerprint density at radius 1 is 0.630 bits per heavy atom. The molecule has 4 nitrogen and oxygen atoms in total. The second-order valence-corrected chi connectivity index (χ2v) is 6.87. The number of carbonyl (C=O) groups excluding carboxylic acids is 2. The molecule has 1 aliphatic rings. The molecule has 2 aromatic rings. The fourth-order valence-electron chi connectivity index (χ4n) is 2.27. The number of rotatable bonds is 3. The fraction of sp³-hybridized carbons (Fsp3) is 0. The van der Waals surface area contributed by atoms with Crippen molar-refractivity contribution < 1.29 is 9.59 Å². The average Bonchev–Trinajstić information content (AvgIpc) is 2.89.